The Morgan fingerprint density at radius 2 is 1.80 bits per heavy atom. The summed E-state index contributed by atoms with van der Waals surface area (Å²) in [6.45, 7) is 0. The van der Waals surface area contributed by atoms with E-state index >= 15 is 0 Å². The van der Waals surface area contributed by atoms with Gasteiger partial charge in [0.2, 0.25) is 0 Å². The van der Waals surface area contributed by atoms with Gasteiger partial charge in [0.1, 0.15) is 5.75 Å². The van der Waals surface area contributed by atoms with Crippen molar-refractivity contribution in [2.45, 2.75) is 18.9 Å². The van der Waals surface area contributed by atoms with E-state index in [1.807, 2.05) is 25.2 Å². The van der Waals surface area contributed by atoms with E-state index in [2.05, 4.69) is 51.6 Å². The number of benzene rings is 2. The molecule has 0 amide bonds. The molecule has 0 heterocycles. The van der Waals surface area contributed by atoms with Crippen LogP contribution in [0, 0.1) is 0 Å². The van der Waals surface area contributed by atoms with E-state index in [1.165, 1.54) is 11.1 Å². The van der Waals surface area contributed by atoms with Gasteiger partial charge in [-0.05, 0) is 49.2 Å². The van der Waals surface area contributed by atoms with Gasteiger partial charge in [-0.3, -0.25) is 0 Å². The molecule has 0 saturated heterocycles. The predicted octanol–water partition coefficient (Wildman–Crippen LogP) is 4.35. The summed E-state index contributed by atoms with van der Waals surface area (Å²) < 4.78 is 6.34. The molecule has 0 fully saturated rings. The van der Waals surface area contributed by atoms with Crippen LogP contribution in [0.4, 0.5) is 0 Å². The number of methoxy groups -OCH3 is 1. The highest BCUT2D eigenvalue weighted by Crippen LogP contribution is 2.26. The quantitative estimate of drug-likeness (QED) is 0.848. The topological polar surface area (TPSA) is 21.3 Å². The van der Waals surface area contributed by atoms with Crippen LogP contribution in [-0.4, -0.2) is 14.2 Å². The van der Waals surface area contributed by atoms with Gasteiger partial charge < -0.3 is 10.1 Å². The molecule has 1 atom stereocenters. The molecule has 0 aliphatic carbocycles. The van der Waals surface area contributed by atoms with Crippen molar-refractivity contribution in [2.75, 3.05) is 14.2 Å². The van der Waals surface area contributed by atoms with Crippen LogP contribution in [0.25, 0.3) is 0 Å². The minimum atomic E-state index is 0.354. The Hall–Kier alpha value is -1.32. The van der Waals surface area contributed by atoms with E-state index in [4.69, 9.17) is 4.74 Å². The highest BCUT2D eigenvalue weighted by molar-refractivity contribution is 9.10. The Morgan fingerprint density at radius 1 is 1.10 bits per heavy atom. The van der Waals surface area contributed by atoms with Gasteiger partial charge in [-0.25, -0.2) is 0 Å². The summed E-state index contributed by atoms with van der Waals surface area (Å²) in [5.74, 6) is 0.907. The molecular formula is C17H20BrNO. The van der Waals surface area contributed by atoms with Crippen LogP contribution in [0.15, 0.2) is 53.0 Å². The van der Waals surface area contributed by atoms with Crippen molar-refractivity contribution in [3.63, 3.8) is 0 Å². The van der Waals surface area contributed by atoms with Gasteiger partial charge in [0, 0.05) is 10.5 Å². The number of halogens is 1. The highest BCUT2D eigenvalue weighted by atomic mass is 79.9. The van der Waals surface area contributed by atoms with Crippen molar-refractivity contribution in [1.29, 1.82) is 0 Å². The molecule has 0 aliphatic rings. The molecule has 0 bridgehead atoms. The van der Waals surface area contributed by atoms with E-state index in [9.17, 15) is 0 Å². The molecule has 2 nitrogen and oxygen atoms in total. The summed E-state index contributed by atoms with van der Waals surface area (Å²) in [5, 5.41) is 3.40. The third-order valence-corrected chi connectivity index (χ3v) is 4.23. The average molecular weight is 334 g/mol. The minimum Gasteiger partial charge on any atom is -0.497 e. The largest absolute Gasteiger partial charge is 0.497 e. The number of nitrogens with one attached hydrogen (secondary N) is 1. The van der Waals surface area contributed by atoms with Crippen LogP contribution in [-0.2, 0) is 6.42 Å². The van der Waals surface area contributed by atoms with Crippen molar-refractivity contribution in [3.05, 3.63) is 64.1 Å². The summed E-state index contributed by atoms with van der Waals surface area (Å²) in [6, 6.07) is 17.0. The first kappa shape index (κ1) is 15.1. The molecular weight excluding hydrogens is 314 g/mol. The lowest BCUT2D eigenvalue weighted by molar-refractivity contribution is 0.414. The molecule has 0 saturated carbocycles. The van der Waals surface area contributed by atoms with Gasteiger partial charge in [0.05, 0.1) is 7.11 Å². The second-order valence-electron chi connectivity index (χ2n) is 4.75. The van der Waals surface area contributed by atoms with Crippen LogP contribution >= 0.6 is 15.9 Å². The zero-order valence-corrected chi connectivity index (χ0v) is 13.5. The Morgan fingerprint density at radius 3 is 2.40 bits per heavy atom. The smallest absolute Gasteiger partial charge is 0.118 e. The average Bonchev–Trinajstić information content (AvgIpc) is 2.50. The highest BCUT2D eigenvalue weighted by Gasteiger charge is 2.12. The normalized spacial score (nSPS) is 12.2. The zero-order valence-electron chi connectivity index (χ0n) is 11.9. The SMILES string of the molecule is CNC(CCc1ccc(OC)cc1)c1ccccc1Br. The van der Waals surface area contributed by atoms with Crippen molar-refractivity contribution in [2.24, 2.45) is 0 Å². The van der Waals surface area contributed by atoms with Gasteiger partial charge in [-0.15, -0.1) is 0 Å². The second-order valence-corrected chi connectivity index (χ2v) is 5.60. The molecule has 106 valence electrons. The predicted molar refractivity (Wildman–Crippen MR) is 87.3 cm³/mol. The number of hydrogen-bond donors (Lipinski definition) is 1. The first-order chi connectivity index (χ1) is 9.74. The van der Waals surface area contributed by atoms with Gasteiger partial charge >= 0.3 is 0 Å². The van der Waals surface area contributed by atoms with E-state index in [0.29, 0.717) is 6.04 Å². The molecule has 1 N–H and O–H groups in total. The maximum absolute atomic E-state index is 5.18. The Kier molecular flexibility index (Phi) is 5.62. The van der Waals surface area contributed by atoms with Crippen molar-refractivity contribution in [1.82, 2.24) is 5.32 Å². The van der Waals surface area contributed by atoms with E-state index in [1.54, 1.807) is 7.11 Å². The summed E-state index contributed by atoms with van der Waals surface area (Å²) >= 11 is 3.63. The van der Waals surface area contributed by atoms with Gasteiger partial charge in [-0.2, -0.15) is 0 Å². The Balaban J connectivity index is 2.02. The van der Waals surface area contributed by atoms with Crippen LogP contribution in [0.1, 0.15) is 23.6 Å². The third-order valence-electron chi connectivity index (χ3n) is 3.51. The Bertz CT molecular complexity index is 539. The zero-order chi connectivity index (χ0) is 14.4. The lowest BCUT2D eigenvalue weighted by Crippen LogP contribution is -2.17. The standard InChI is InChI=1S/C17H20BrNO/c1-19-17(15-5-3-4-6-16(15)18)12-9-13-7-10-14(20-2)11-8-13/h3-8,10-11,17,19H,9,12H2,1-2H3. The van der Waals surface area contributed by atoms with Crippen LogP contribution < -0.4 is 10.1 Å². The molecule has 0 spiro atoms. The maximum Gasteiger partial charge on any atom is 0.118 e. The number of ether oxygens (including phenoxy) is 1. The number of hydrogen-bond acceptors (Lipinski definition) is 2. The van der Waals surface area contributed by atoms with Crippen LogP contribution in [0.3, 0.4) is 0 Å². The molecule has 3 heteroatoms. The van der Waals surface area contributed by atoms with Gasteiger partial charge in [0.15, 0.2) is 0 Å². The summed E-state index contributed by atoms with van der Waals surface area (Å²) in [4.78, 5) is 0. The maximum atomic E-state index is 5.18. The van der Waals surface area contributed by atoms with E-state index in [0.717, 1.165) is 23.1 Å². The molecule has 20 heavy (non-hydrogen) atoms. The fourth-order valence-corrected chi connectivity index (χ4v) is 2.88. The summed E-state index contributed by atoms with van der Waals surface area (Å²) in [5.41, 5.74) is 2.64. The van der Waals surface area contributed by atoms with Crippen LogP contribution in [0.2, 0.25) is 0 Å². The fraction of sp³-hybridized carbons (Fsp3) is 0.294. The number of aryl methyl sites for hydroxylation is 1. The summed E-state index contributed by atoms with van der Waals surface area (Å²) in [6.07, 6.45) is 2.10. The first-order valence-electron chi connectivity index (χ1n) is 6.79. The lowest BCUT2D eigenvalue weighted by atomic mass is 9.99. The van der Waals surface area contributed by atoms with Crippen molar-refractivity contribution < 1.29 is 4.74 Å². The molecule has 2 aromatic carbocycles. The van der Waals surface area contributed by atoms with Gasteiger partial charge in [-0.1, -0.05) is 46.3 Å². The monoisotopic (exact) mass is 333 g/mol. The van der Waals surface area contributed by atoms with Gasteiger partial charge in [0.25, 0.3) is 0 Å². The lowest BCUT2D eigenvalue weighted by Gasteiger charge is -2.18. The van der Waals surface area contributed by atoms with Crippen molar-refractivity contribution in [3.8, 4) is 5.75 Å². The first-order valence-corrected chi connectivity index (χ1v) is 7.58. The fourth-order valence-electron chi connectivity index (χ4n) is 2.32. The molecule has 0 aromatic heterocycles. The number of rotatable bonds is 6. The third kappa shape index (κ3) is 3.84. The summed E-state index contributed by atoms with van der Waals surface area (Å²) in [7, 11) is 3.71. The Labute approximate surface area is 129 Å². The molecule has 0 radical (unpaired) electrons. The van der Waals surface area contributed by atoms with Crippen LogP contribution in [0.5, 0.6) is 5.75 Å². The van der Waals surface area contributed by atoms with E-state index < -0.39 is 0 Å². The van der Waals surface area contributed by atoms with E-state index in [-0.39, 0.29) is 0 Å². The molecule has 1 unspecified atom stereocenters. The molecule has 2 aromatic rings. The molecule has 0 aliphatic heterocycles. The minimum absolute atomic E-state index is 0.354. The second kappa shape index (κ2) is 7.46. The van der Waals surface area contributed by atoms with Crippen molar-refractivity contribution >= 4 is 15.9 Å². The molecule has 2 rings (SSSR count).